The minimum Gasteiger partial charge on any atom is -0.457 e. The van der Waals surface area contributed by atoms with Gasteiger partial charge in [-0.3, -0.25) is 0 Å². The van der Waals surface area contributed by atoms with Crippen molar-refractivity contribution in [2.24, 2.45) is 11.8 Å². The van der Waals surface area contributed by atoms with E-state index in [2.05, 4.69) is 26.8 Å². The molecule has 0 N–H and O–H groups in total. The fourth-order valence-corrected chi connectivity index (χ4v) is 2.04. The van der Waals surface area contributed by atoms with E-state index in [4.69, 9.17) is 4.74 Å². The summed E-state index contributed by atoms with van der Waals surface area (Å²) in [6.45, 7) is 14.4. The molecule has 2 nitrogen and oxygen atoms in total. The zero-order chi connectivity index (χ0) is 16.5. The summed E-state index contributed by atoms with van der Waals surface area (Å²) in [6, 6.07) is 0. The topological polar surface area (TPSA) is 26.3 Å². The number of carbonyl (C=O) groups excluding carboxylic acids is 1. The van der Waals surface area contributed by atoms with Crippen molar-refractivity contribution in [2.45, 2.75) is 79.8 Å². The normalized spacial score (nSPS) is 14.8. The lowest BCUT2D eigenvalue weighted by atomic mass is 9.97. The Morgan fingerprint density at radius 3 is 2.29 bits per heavy atom. The maximum Gasteiger partial charge on any atom is 0.331 e. The summed E-state index contributed by atoms with van der Waals surface area (Å²) >= 11 is 0. The molecule has 1 atom stereocenters. The Bertz CT molecular complexity index is 356. The second-order valence-corrected chi connectivity index (χ2v) is 7.49. The summed E-state index contributed by atoms with van der Waals surface area (Å²) in [5.41, 5.74) is 0.515. The van der Waals surface area contributed by atoms with E-state index in [1.54, 1.807) is 6.08 Å². The minimum atomic E-state index is -0.428. The van der Waals surface area contributed by atoms with Gasteiger partial charge >= 0.3 is 5.97 Å². The summed E-state index contributed by atoms with van der Waals surface area (Å²) < 4.78 is 5.26. The molecule has 0 rings (SSSR count). The molecule has 0 aliphatic rings. The lowest BCUT2D eigenvalue weighted by Gasteiger charge is -2.18. The number of esters is 1. The van der Waals surface area contributed by atoms with E-state index in [9.17, 15) is 4.79 Å². The van der Waals surface area contributed by atoms with Crippen LogP contribution < -0.4 is 0 Å². The molecule has 2 heteroatoms. The fourth-order valence-electron chi connectivity index (χ4n) is 2.04. The SMILES string of the molecule is CC(=CC(=O)OC(C)(C)C)/C=C\CC(C)CCCC(C)C. The molecule has 0 saturated carbocycles. The number of hydrogen-bond donors (Lipinski definition) is 0. The lowest BCUT2D eigenvalue weighted by Crippen LogP contribution is -2.22. The highest BCUT2D eigenvalue weighted by atomic mass is 16.6. The predicted octanol–water partition coefficient (Wildman–Crippen LogP) is 5.68. The van der Waals surface area contributed by atoms with Gasteiger partial charge in [0.2, 0.25) is 0 Å². The van der Waals surface area contributed by atoms with E-state index in [-0.39, 0.29) is 5.97 Å². The first-order valence-corrected chi connectivity index (χ1v) is 8.18. The zero-order valence-corrected chi connectivity index (χ0v) is 15.0. The number of hydrogen-bond acceptors (Lipinski definition) is 2. The van der Waals surface area contributed by atoms with Crippen molar-refractivity contribution in [1.29, 1.82) is 0 Å². The van der Waals surface area contributed by atoms with Gasteiger partial charge in [0.25, 0.3) is 0 Å². The van der Waals surface area contributed by atoms with E-state index in [1.807, 2.05) is 33.8 Å². The highest BCUT2D eigenvalue weighted by Crippen LogP contribution is 2.16. The molecule has 1 unspecified atom stereocenters. The third kappa shape index (κ3) is 13.7. The first-order chi connectivity index (χ1) is 9.60. The Morgan fingerprint density at radius 2 is 1.76 bits per heavy atom. The van der Waals surface area contributed by atoms with Crippen LogP contribution in [0.15, 0.2) is 23.8 Å². The molecule has 0 heterocycles. The molecule has 21 heavy (non-hydrogen) atoms. The Hall–Kier alpha value is -1.05. The van der Waals surface area contributed by atoms with Crippen LogP contribution in [0.2, 0.25) is 0 Å². The first kappa shape index (κ1) is 19.9. The molecule has 0 spiro atoms. The number of ether oxygens (including phenoxy) is 1. The summed E-state index contributed by atoms with van der Waals surface area (Å²) in [5, 5.41) is 0. The maximum absolute atomic E-state index is 11.6. The summed E-state index contributed by atoms with van der Waals surface area (Å²) in [5.74, 6) is 1.23. The van der Waals surface area contributed by atoms with Crippen LogP contribution in [0, 0.1) is 11.8 Å². The van der Waals surface area contributed by atoms with E-state index < -0.39 is 5.60 Å². The molecule has 0 bridgehead atoms. The molecule has 0 fully saturated rings. The molecule has 0 aliphatic carbocycles. The molecule has 0 aromatic carbocycles. The van der Waals surface area contributed by atoms with Gasteiger partial charge in [0, 0.05) is 6.08 Å². The molecule has 0 aromatic heterocycles. The molecule has 0 radical (unpaired) electrons. The first-order valence-electron chi connectivity index (χ1n) is 8.18. The molecule has 122 valence electrons. The molecule has 0 saturated heterocycles. The van der Waals surface area contributed by atoms with Crippen LogP contribution in [-0.4, -0.2) is 11.6 Å². The van der Waals surface area contributed by atoms with Gasteiger partial charge in [0.15, 0.2) is 0 Å². The van der Waals surface area contributed by atoms with Crippen molar-refractivity contribution < 1.29 is 9.53 Å². The van der Waals surface area contributed by atoms with Crippen LogP contribution in [0.3, 0.4) is 0 Å². The Kier molecular flexibility index (Phi) is 9.32. The van der Waals surface area contributed by atoms with E-state index in [1.165, 1.54) is 19.3 Å². The van der Waals surface area contributed by atoms with Crippen molar-refractivity contribution in [3.05, 3.63) is 23.8 Å². The van der Waals surface area contributed by atoms with Crippen molar-refractivity contribution in [3.8, 4) is 0 Å². The van der Waals surface area contributed by atoms with Crippen LogP contribution in [0.4, 0.5) is 0 Å². The smallest absolute Gasteiger partial charge is 0.331 e. The van der Waals surface area contributed by atoms with Gasteiger partial charge in [-0.1, -0.05) is 52.2 Å². The number of rotatable bonds is 8. The van der Waals surface area contributed by atoms with E-state index >= 15 is 0 Å². The minimum absolute atomic E-state index is 0.269. The van der Waals surface area contributed by atoms with Gasteiger partial charge in [-0.2, -0.15) is 0 Å². The molecular weight excluding hydrogens is 260 g/mol. The molecule has 0 aliphatic heterocycles. The lowest BCUT2D eigenvalue weighted by molar-refractivity contribution is -0.148. The van der Waals surface area contributed by atoms with Crippen molar-refractivity contribution in [1.82, 2.24) is 0 Å². The maximum atomic E-state index is 11.6. The molecule has 0 amide bonds. The van der Waals surface area contributed by atoms with Crippen LogP contribution in [0.5, 0.6) is 0 Å². The monoisotopic (exact) mass is 294 g/mol. The molecular formula is C19H34O2. The average Bonchev–Trinajstić information content (AvgIpc) is 2.25. The Labute approximate surface area is 131 Å². The Morgan fingerprint density at radius 1 is 1.14 bits per heavy atom. The number of allylic oxidation sites excluding steroid dienone is 3. The van der Waals surface area contributed by atoms with Gasteiger partial charge in [-0.05, 0) is 51.5 Å². The second-order valence-electron chi connectivity index (χ2n) is 7.49. The summed E-state index contributed by atoms with van der Waals surface area (Å²) in [4.78, 5) is 11.6. The number of carbonyl (C=O) groups is 1. The second kappa shape index (κ2) is 9.81. The van der Waals surface area contributed by atoms with Gasteiger partial charge in [0.1, 0.15) is 5.60 Å². The highest BCUT2D eigenvalue weighted by molar-refractivity contribution is 5.83. The largest absolute Gasteiger partial charge is 0.457 e. The van der Waals surface area contributed by atoms with Crippen LogP contribution in [0.25, 0.3) is 0 Å². The van der Waals surface area contributed by atoms with Crippen molar-refractivity contribution >= 4 is 5.97 Å². The van der Waals surface area contributed by atoms with Gasteiger partial charge in [0.05, 0.1) is 0 Å². The predicted molar refractivity (Wildman–Crippen MR) is 91.2 cm³/mol. The van der Waals surface area contributed by atoms with Crippen molar-refractivity contribution in [3.63, 3.8) is 0 Å². The zero-order valence-electron chi connectivity index (χ0n) is 15.0. The third-order valence-corrected chi connectivity index (χ3v) is 3.15. The van der Waals surface area contributed by atoms with E-state index in [0.717, 1.165) is 17.9 Å². The molecule has 0 aromatic rings. The highest BCUT2D eigenvalue weighted by Gasteiger charge is 2.14. The quantitative estimate of drug-likeness (QED) is 0.327. The summed E-state index contributed by atoms with van der Waals surface area (Å²) in [7, 11) is 0. The van der Waals surface area contributed by atoms with E-state index in [0.29, 0.717) is 5.92 Å². The summed E-state index contributed by atoms with van der Waals surface area (Å²) in [6.07, 6.45) is 10.7. The van der Waals surface area contributed by atoms with Gasteiger partial charge < -0.3 is 4.74 Å². The average molecular weight is 294 g/mol. The van der Waals surface area contributed by atoms with Crippen molar-refractivity contribution in [2.75, 3.05) is 0 Å². The fraction of sp³-hybridized carbons (Fsp3) is 0.737. The van der Waals surface area contributed by atoms with Crippen LogP contribution >= 0.6 is 0 Å². The standard InChI is InChI=1S/C19H34O2/c1-15(2)10-8-11-16(3)12-9-13-17(4)14-18(20)21-19(5,6)7/h9,13-16H,8,10-12H2,1-7H3/b13-9-,17-14?. The van der Waals surface area contributed by atoms with Gasteiger partial charge in [-0.25, -0.2) is 4.79 Å². The van der Waals surface area contributed by atoms with Crippen LogP contribution in [0.1, 0.15) is 74.1 Å². The Balaban J connectivity index is 4.08. The van der Waals surface area contributed by atoms with Crippen LogP contribution in [-0.2, 0) is 9.53 Å². The third-order valence-electron chi connectivity index (χ3n) is 3.15. The van der Waals surface area contributed by atoms with Gasteiger partial charge in [-0.15, -0.1) is 0 Å².